The fourth-order valence-electron chi connectivity index (χ4n) is 3.50. The van der Waals surface area contributed by atoms with Crippen molar-refractivity contribution in [1.82, 2.24) is 9.88 Å². The molecule has 1 aromatic heterocycles. The Morgan fingerprint density at radius 3 is 2.33 bits per heavy atom. The van der Waals surface area contributed by atoms with E-state index < -0.39 is 17.8 Å². The van der Waals surface area contributed by atoms with Gasteiger partial charge in [-0.05, 0) is 24.6 Å². The fraction of sp³-hybridized carbons (Fsp3) is 0.273. The number of piperazine rings is 1. The summed E-state index contributed by atoms with van der Waals surface area (Å²) in [5, 5.41) is 0.199. The Labute approximate surface area is 176 Å². The average molecular weight is 431 g/mol. The quantitative estimate of drug-likeness (QED) is 0.579. The van der Waals surface area contributed by atoms with E-state index in [-0.39, 0.29) is 9.88 Å². The molecule has 2 heterocycles. The van der Waals surface area contributed by atoms with E-state index in [2.05, 4.69) is 16.0 Å². The van der Waals surface area contributed by atoms with Crippen LogP contribution < -0.4 is 4.90 Å². The Kier molecular flexibility index (Phi) is 5.51. The molecular weight excluding hydrogens is 411 g/mol. The van der Waals surface area contributed by atoms with Crippen LogP contribution >= 0.6 is 11.3 Å². The Hall–Kier alpha value is -2.87. The van der Waals surface area contributed by atoms with Crippen LogP contribution in [0.4, 0.5) is 18.9 Å². The summed E-state index contributed by atoms with van der Waals surface area (Å²) in [5.74, 6) is -0.606. The standard InChI is InChI=1S/C22H20F3N3OS/c1-15-6-5-9-17(14-15)27-10-12-28(13-11-27)21(29)18-19(22(23,24)25)26-20(30-18)16-7-3-2-4-8-16/h2-9,14H,10-13H2,1H3. The molecule has 0 radical (unpaired) electrons. The predicted molar refractivity (Wildman–Crippen MR) is 112 cm³/mol. The number of halogens is 3. The van der Waals surface area contributed by atoms with Crippen molar-refractivity contribution < 1.29 is 18.0 Å². The van der Waals surface area contributed by atoms with E-state index in [0.29, 0.717) is 31.7 Å². The van der Waals surface area contributed by atoms with Gasteiger partial charge in [-0.25, -0.2) is 4.98 Å². The Bertz CT molecular complexity index is 1040. The summed E-state index contributed by atoms with van der Waals surface area (Å²) in [6.45, 7) is 3.88. The highest BCUT2D eigenvalue weighted by Gasteiger charge is 2.41. The van der Waals surface area contributed by atoms with E-state index in [1.54, 1.807) is 30.3 Å². The number of anilines is 1. The first-order valence-electron chi connectivity index (χ1n) is 9.57. The summed E-state index contributed by atoms with van der Waals surface area (Å²) in [6, 6.07) is 16.7. The van der Waals surface area contributed by atoms with Crippen LogP contribution in [0.3, 0.4) is 0 Å². The maximum Gasteiger partial charge on any atom is 0.435 e. The Morgan fingerprint density at radius 1 is 1.00 bits per heavy atom. The first-order chi connectivity index (χ1) is 14.3. The summed E-state index contributed by atoms with van der Waals surface area (Å²) in [7, 11) is 0. The van der Waals surface area contributed by atoms with E-state index >= 15 is 0 Å². The van der Waals surface area contributed by atoms with Crippen LogP contribution in [0.25, 0.3) is 10.6 Å². The Balaban J connectivity index is 1.55. The summed E-state index contributed by atoms with van der Waals surface area (Å²) >= 11 is 0.804. The number of alkyl halides is 3. The van der Waals surface area contributed by atoms with Gasteiger partial charge in [0.05, 0.1) is 0 Å². The molecule has 0 bridgehead atoms. The van der Waals surface area contributed by atoms with E-state index in [1.807, 2.05) is 25.1 Å². The number of rotatable bonds is 3. The molecule has 1 amide bonds. The third kappa shape index (κ3) is 4.18. The van der Waals surface area contributed by atoms with Crippen molar-refractivity contribution in [1.29, 1.82) is 0 Å². The second-order valence-corrected chi connectivity index (χ2v) is 8.18. The number of hydrogen-bond acceptors (Lipinski definition) is 4. The second-order valence-electron chi connectivity index (χ2n) is 7.18. The molecule has 8 heteroatoms. The van der Waals surface area contributed by atoms with Gasteiger partial charge in [-0.3, -0.25) is 4.79 Å². The van der Waals surface area contributed by atoms with E-state index in [9.17, 15) is 18.0 Å². The van der Waals surface area contributed by atoms with Crippen molar-refractivity contribution in [2.75, 3.05) is 31.1 Å². The number of carbonyl (C=O) groups excluding carboxylic acids is 1. The Morgan fingerprint density at radius 2 is 1.70 bits per heavy atom. The van der Waals surface area contributed by atoms with Crippen molar-refractivity contribution in [3.8, 4) is 10.6 Å². The summed E-state index contributed by atoms with van der Waals surface area (Å²) in [5.41, 5.74) is 1.66. The number of aryl methyl sites for hydroxylation is 1. The van der Waals surface area contributed by atoms with Gasteiger partial charge in [0, 0.05) is 37.4 Å². The number of benzene rings is 2. The van der Waals surface area contributed by atoms with Crippen LogP contribution in [0.15, 0.2) is 54.6 Å². The van der Waals surface area contributed by atoms with Gasteiger partial charge in [-0.2, -0.15) is 13.2 Å². The average Bonchev–Trinajstić information content (AvgIpc) is 3.20. The number of thiazole rings is 1. The van der Waals surface area contributed by atoms with Gasteiger partial charge >= 0.3 is 6.18 Å². The largest absolute Gasteiger partial charge is 0.435 e. The molecule has 0 aliphatic carbocycles. The molecule has 0 N–H and O–H groups in total. The molecule has 0 spiro atoms. The van der Waals surface area contributed by atoms with Crippen molar-refractivity contribution in [3.63, 3.8) is 0 Å². The number of hydrogen-bond donors (Lipinski definition) is 0. The summed E-state index contributed by atoms with van der Waals surface area (Å²) in [6.07, 6.45) is -4.68. The molecular formula is C22H20F3N3OS. The lowest BCUT2D eigenvalue weighted by molar-refractivity contribution is -0.141. The molecule has 1 aliphatic rings. The first kappa shape index (κ1) is 20.4. The lowest BCUT2D eigenvalue weighted by atomic mass is 10.2. The molecule has 0 atom stereocenters. The lowest BCUT2D eigenvalue weighted by Gasteiger charge is -2.36. The molecule has 1 saturated heterocycles. The molecule has 30 heavy (non-hydrogen) atoms. The van der Waals surface area contributed by atoms with Crippen LogP contribution in [0, 0.1) is 6.92 Å². The van der Waals surface area contributed by atoms with Crippen LogP contribution in [0.2, 0.25) is 0 Å². The molecule has 4 nitrogen and oxygen atoms in total. The number of nitrogens with zero attached hydrogens (tertiary/aromatic N) is 3. The van der Waals surface area contributed by atoms with Gasteiger partial charge in [0.25, 0.3) is 5.91 Å². The highest BCUT2D eigenvalue weighted by molar-refractivity contribution is 7.17. The van der Waals surface area contributed by atoms with E-state index in [4.69, 9.17) is 0 Å². The molecule has 0 unspecified atom stereocenters. The van der Waals surface area contributed by atoms with Gasteiger partial charge in [0.15, 0.2) is 5.69 Å². The molecule has 3 aromatic rings. The topological polar surface area (TPSA) is 36.4 Å². The smallest absolute Gasteiger partial charge is 0.368 e. The minimum absolute atomic E-state index is 0.199. The zero-order valence-electron chi connectivity index (χ0n) is 16.3. The highest BCUT2D eigenvalue weighted by atomic mass is 32.1. The maximum atomic E-state index is 13.6. The van der Waals surface area contributed by atoms with Gasteiger partial charge in [-0.15, -0.1) is 11.3 Å². The number of amides is 1. The zero-order valence-corrected chi connectivity index (χ0v) is 17.1. The van der Waals surface area contributed by atoms with Crippen molar-refractivity contribution in [2.24, 2.45) is 0 Å². The first-order valence-corrected chi connectivity index (χ1v) is 10.4. The fourth-order valence-corrected chi connectivity index (χ4v) is 4.56. The van der Waals surface area contributed by atoms with Crippen molar-refractivity contribution in [3.05, 3.63) is 70.7 Å². The third-order valence-corrected chi connectivity index (χ3v) is 6.14. The molecule has 4 rings (SSSR count). The van der Waals surface area contributed by atoms with Crippen LogP contribution in [-0.2, 0) is 6.18 Å². The normalized spacial score (nSPS) is 14.8. The zero-order chi connectivity index (χ0) is 21.3. The van der Waals surface area contributed by atoms with Crippen molar-refractivity contribution >= 4 is 22.9 Å². The van der Waals surface area contributed by atoms with Gasteiger partial charge in [-0.1, -0.05) is 42.5 Å². The van der Waals surface area contributed by atoms with Gasteiger partial charge < -0.3 is 9.80 Å². The second kappa shape index (κ2) is 8.10. The van der Waals surface area contributed by atoms with E-state index in [1.165, 1.54) is 4.90 Å². The van der Waals surface area contributed by atoms with Crippen LogP contribution in [-0.4, -0.2) is 42.0 Å². The molecule has 1 aliphatic heterocycles. The SMILES string of the molecule is Cc1cccc(N2CCN(C(=O)c3sc(-c4ccccc4)nc3C(F)(F)F)CC2)c1. The van der Waals surface area contributed by atoms with Crippen molar-refractivity contribution in [2.45, 2.75) is 13.1 Å². The minimum atomic E-state index is -4.68. The lowest BCUT2D eigenvalue weighted by Crippen LogP contribution is -2.49. The van der Waals surface area contributed by atoms with E-state index in [0.717, 1.165) is 22.6 Å². The highest BCUT2D eigenvalue weighted by Crippen LogP contribution is 2.38. The number of aromatic nitrogens is 1. The minimum Gasteiger partial charge on any atom is -0.368 e. The molecule has 1 fully saturated rings. The monoisotopic (exact) mass is 431 g/mol. The van der Waals surface area contributed by atoms with Gasteiger partial charge in [0.1, 0.15) is 9.88 Å². The van der Waals surface area contributed by atoms with Crippen LogP contribution in [0.5, 0.6) is 0 Å². The van der Waals surface area contributed by atoms with Gasteiger partial charge in [0.2, 0.25) is 0 Å². The molecule has 156 valence electrons. The predicted octanol–water partition coefficient (Wildman–Crippen LogP) is 5.10. The molecule has 2 aromatic carbocycles. The summed E-state index contributed by atoms with van der Waals surface area (Å²) in [4.78, 5) is 20.1. The third-order valence-electron chi connectivity index (χ3n) is 5.04. The number of carbonyl (C=O) groups is 1. The summed E-state index contributed by atoms with van der Waals surface area (Å²) < 4.78 is 40.8. The maximum absolute atomic E-state index is 13.6. The van der Waals surface area contributed by atoms with Crippen LogP contribution in [0.1, 0.15) is 20.9 Å². The molecule has 0 saturated carbocycles.